The molecule has 0 radical (unpaired) electrons. The molecule has 0 unspecified atom stereocenters. The summed E-state index contributed by atoms with van der Waals surface area (Å²) in [5.41, 5.74) is 4.96. The lowest BCUT2D eigenvalue weighted by atomic mass is 10.1. The Bertz CT molecular complexity index is 344. The van der Waals surface area contributed by atoms with Gasteiger partial charge in [-0.1, -0.05) is 13.0 Å². The molecular weight excluding hydrogens is 250 g/mol. The predicted octanol–water partition coefficient (Wildman–Crippen LogP) is 0.313. The fourth-order valence-electron chi connectivity index (χ4n) is 1.49. The number of nitrogens with zero attached hydrogens (tertiary/aromatic N) is 1. The van der Waals surface area contributed by atoms with Gasteiger partial charge in [-0.15, -0.1) is 6.58 Å². The van der Waals surface area contributed by atoms with Gasteiger partial charge < -0.3 is 21.1 Å². The number of carbonyl (C=O) groups excluding carboxylic acids is 2. The lowest BCUT2D eigenvalue weighted by molar-refractivity contribution is -0.139. The summed E-state index contributed by atoms with van der Waals surface area (Å²) < 4.78 is 0. The third kappa shape index (κ3) is 7.07. The van der Waals surface area contributed by atoms with E-state index in [4.69, 9.17) is 10.8 Å². The topological polar surface area (TPSA) is 113 Å². The van der Waals surface area contributed by atoms with Gasteiger partial charge in [-0.2, -0.15) is 0 Å². The molecule has 4 N–H and O–H groups in total. The van der Waals surface area contributed by atoms with E-state index in [0.717, 1.165) is 6.42 Å². The zero-order chi connectivity index (χ0) is 14.8. The monoisotopic (exact) mass is 271 g/mol. The van der Waals surface area contributed by atoms with Crippen LogP contribution in [0.15, 0.2) is 12.7 Å². The number of nitrogens with two attached hydrogens (primary N) is 1. The smallest absolute Gasteiger partial charge is 0.326 e. The number of carboxylic acids is 1. The molecule has 1 atom stereocenters. The first kappa shape index (κ1) is 16.9. The van der Waals surface area contributed by atoms with Crippen LogP contribution in [0.2, 0.25) is 0 Å². The summed E-state index contributed by atoms with van der Waals surface area (Å²) >= 11 is 0. The molecule has 0 aliphatic rings. The zero-order valence-electron chi connectivity index (χ0n) is 11.1. The van der Waals surface area contributed by atoms with Gasteiger partial charge in [-0.3, -0.25) is 4.79 Å². The normalized spacial score (nSPS) is 11.4. The SMILES string of the molecule is C=CCN(CCC)C(=O)N[C@@H](CCC(N)=O)C(=O)O. The van der Waals surface area contributed by atoms with Crippen molar-refractivity contribution in [3.05, 3.63) is 12.7 Å². The molecule has 0 aromatic rings. The second-order valence-corrected chi connectivity index (χ2v) is 4.08. The van der Waals surface area contributed by atoms with Crippen LogP contribution in [-0.2, 0) is 9.59 Å². The fraction of sp³-hybridized carbons (Fsp3) is 0.583. The Morgan fingerprint density at radius 1 is 1.47 bits per heavy atom. The molecule has 0 saturated heterocycles. The summed E-state index contributed by atoms with van der Waals surface area (Å²) in [7, 11) is 0. The van der Waals surface area contributed by atoms with Gasteiger partial charge in [0, 0.05) is 19.5 Å². The molecule has 0 aromatic heterocycles. The fourth-order valence-corrected chi connectivity index (χ4v) is 1.49. The highest BCUT2D eigenvalue weighted by molar-refractivity contribution is 5.83. The van der Waals surface area contributed by atoms with E-state index in [1.54, 1.807) is 6.08 Å². The maximum atomic E-state index is 11.9. The van der Waals surface area contributed by atoms with E-state index in [0.29, 0.717) is 13.1 Å². The van der Waals surface area contributed by atoms with E-state index in [-0.39, 0.29) is 12.8 Å². The molecule has 0 heterocycles. The standard InChI is InChI=1S/C12H21N3O4/c1-3-7-15(8-4-2)12(19)14-9(11(17)18)5-6-10(13)16/h3,9H,1,4-8H2,2H3,(H2,13,16)(H,14,19)(H,17,18)/t9-/m0/s1. The largest absolute Gasteiger partial charge is 0.480 e. The zero-order valence-corrected chi connectivity index (χ0v) is 11.1. The average molecular weight is 271 g/mol. The summed E-state index contributed by atoms with van der Waals surface area (Å²) in [6.07, 6.45) is 2.20. The number of aliphatic carboxylic acids is 1. The van der Waals surface area contributed by atoms with Crippen molar-refractivity contribution in [1.82, 2.24) is 10.2 Å². The van der Waals surface area contributed by atoms with Gasteiger partial charge in [0.2, 0.25) is 5.91 Å². The number of hydrogen-bond donors (Lipinski definition) is 3. The highest BCUT2D eigenvalue weighted by Crippen LogP contribution is 2.00. The molecule has 7 heteroatoms. The van der Waals surface area contributed by atoms with E-state index in [1.807, 2.05) is 6.92 Å². The predicted molar refractivity (Wildman–Crippen MR) is 70.4 cm³/mol. The minimum absolute atomic E-state index is 0.0234. The molecule has 0 aromatic carbocycles. The van der Waals surface area contributed by atoms with Gasteiger partial charge in [0.25, 0.3) is 0 Å². The highest BCUT2D eigenvalue weighted by atomic mass is 16.4. The molecule has 0 aliphatic heterocycles. The third-order valence-corrected chi connectivity index (χ3v) is 2.41. The average Bonchev–Trinajstić information content (AvgIpc) is 2.33. The van der Waals surface area contributed by atoms with Crippen LogP contribution in [0, 0.1) is 0 Å². The first-order valence-corrected chi connectivity index (χ1v) is 6.09. The minimum Gasteiger partial charge on any atom is -0.480 e. The molecule has 0 saturated carbocycles. The number of urea groups is 1. The highest BCUT2D eigenvalue weighted by Gasteiger charge is 2.22. The van der Waals surface area contributed by atoms with Gasteiger partial charge in [-0.25, -0.2) is 9.59 Å². The van der Waals surface area contributed by atoms with Crippen molar-refractivity contribution in [2.45, 2.75) is 32.2 Å². The lowest BCUT2D eigenvalue weighted by Gasteiger charge is -2.23. The maximum absolute atomic E-state index is 11.9. The number of carboxylic acid groups (broad SMARTS) is 1. The van der Waals surface area contributed by atoms with E-state index < -0.39 is 23.9 Å². The van der Waals surface area contributed by atoms with Crippen LogP contribution in [0.4, 0.5) is 4.79 Å². The molecule has 108 valence electrons. The van der Waals surface area contributed by atoms with Crippen LogP contribution >= 0.6 is 0 Å². The van der Waals surface area contributed by atoms with E-state index in [1.165, 1.54) is 4.90 Å². The summed E-state index contributed by atoms with van der Waals surface area (Å²) in [6, 6.07) is -1.61. The van der Waals surface area contributed by atoms with E-state index in [9.17, 15) is 14.4 Å². The molecule has 7 nitrogen and oxygen atoms in total. The molecule has 0 aliphatic carbocycles. The van der Waals surface area contributed by atoms with Crippen molar-refractivity contribution >= 4 is 17.9 Å². The van der Waals surface area contributed by atoms with E-state index in [2.05, 4.69) is 11.9 Å². The van der Waals surface area contributed by atoms with Crippen molar-refractivity contribution in [2.75, 3.05) is 13.1 Å². The number of amides is 3. The van der Waals surface area contributed by atoms with Gasteiger partial charge in [-0.05, 0) is 12.8 Å². The number of carbonyl (C=O) groups is 3. The van der Waals surface area contributed by atoms with E-state index >= 15 is 0 Å². The quantitative estimate of drug-likeness (QED) is 0.524. The Kier molecular flexibility index (Phi) is 7.99. The van der Waals surface area contributed by atoms with Crippen LogP contribution in [-0.4, -0.2) is 47.0 Å². The van der Waals surface area contributed by atoms with Crippen molar-refractivity contribution in [2.24, 2.45) is 5.73 Å². The maximum Gasteiger partial charge on any atom is 0.326 e. The number of nitrogens with one attached hydrogen (secondary N) is 1. The van der Waals surface area contributed by atoms with Crippen LogP contribution in [0.3, 0.4) is 0 Å². The summed E-state index contributed by atoms with van der Waals surface area (Å²) in [5.74, 6) is -1.79. The number of hydrogen-bond acceptors (Lipinski definition) is 3. The summed E-state index contributed by atoms with van der Waals surface area (Å²) in [5, 5.41) is 11.3. The Morgan fingerprint density at radius 3 is 2.53 bits per heavy atom. The van der Waals surface area contributed by atoms with Gasteiger partial charge in [0.1, 0.15) is 6.04 Å². The summed E-state index contributed by atoms with van der Waals surface area (Å²) in [4.78, 5) is 34.9. The lowest BCUT2D eigenvalue weighted by Crippen LogP contribution is -2.48. The molecule has 0 rings (SSSR count). The molecule has 0 bridgehead atoms. The minimum atomic E-state index is -1.19. The molecule has 0 spiro atoms. The van der Waals surface area contributed by atoms with Gasteiger partial charge in [0.05, 0.1) is 0 Å². The molecule has 0 fully saturated rings. The van der Waals surface area contributed by atoms with Crippen LogP contribution in [0.25, 0.3) is 0 Å². The van der Waals surface area contributed by atoms with Crippen LogP contribution in [0.1, 0.15) is 26.2 Å². The second-order valence-electron chi connectivity index (χ2n) is 4.08. The first-order valence-electron chi connectivity index (χ1n) is 6.09. The summed E-state index contributed by atoms with van der Waals surface area (Å²) in [6.45, 7) is 6.28. The van der Waals surface area contributed by atoms with Crippen molar-refractivity contribution < 1.29 is 19.5 Å². The number of primary amides is 1. The van der Waals surface area contributed by atoms with Crippen LogP contribution in [0.5, 0.6) is 0 Å². The molecule has 3 amide bonds. The Balaban J connectivity index is 4.54. The van der Waals surface area contributed by atoms with Gasteiger partial charge in [0.15, 0.2) is 0 Å². The van der Waals surface area contributed by atoms with Crippen molar-refractivity contribution in [3.63, 3.8) is 0 Å². The van der Waals surface area contributed by atoms with Crippen molar-refractivity contribution in [3.8, 4) is 0 Å². The van der Waals surface area contributed by atoms with Gasteiger partial charge >= 0.3 is 12.0 Å². The van der Waals surface area contributed by atoms with Crippen LogP contribution < -0.4 is 11.1 Å². The van der Waals surface area contributed by atoms with Crippen molar-refractivity contribution in [1.29, 1.82) is 0 Å². The Hall–Kier alpha value is -2.05. The Labute approximate surface area is 112 Å². The first-order chi connectivity index (χ1) is 8.92. The number of rotatable bonds is 9. The second kappa shape index (κ2) is 8.96. The molecular formula is C12H21N3O4. The Morgan fingerprint density at radius 2 is 2.11 bits per heavy atom. The third-order valence-electron chi connectivity index (χ3n) is 2.41. The molecule has 19 heavy (non-hydrogen) atoms.